The lowest BCUT2D eigenvalue weighted by molar-refractivity contribution is 0.0685. The van der Waals surface area contributed by atoms with Crippen LogP contribution in [0.15, 0.2) is 36.4 Å². The summed E-state index contributed by atoms with van der Waals surface area (Å²) in [5.74, 6) is -0.697. The minimum absolute atomic E-state index is 0.149. The highest BCUT2D eigenvalue weighted by Gasteiger charge is 2.36. The zero-order valence-electron chi connectivity index (χ0n) is 12.1. The van der Waals surface area contributed by atoms with Gasteiger partial charge in [-0.1, -0.05) is 30.3 Å². The van der Waals surface area contributed by atoms with E-state index in [2.05, 4.69) is 18.2 Å². The molecule has 0 saturated carbocycles. The van der Waals surface area contributed by atoms with Crippen LogP contribution in [-0.4, -0.2) is 27.1 Å². The smallest absolute Gasteiger partial charge is 0.258 e. The first-order valence-corrected chi connectivity index (χ1v) is 7.56. The second-order valence-corrected chi connectivity index (χ2v) is 6.07. The summed E-state index contributed by atoms with van der Waals surface area (Å²) in [7, 11) is 0. The van der Waals surface area contributed by atoms with Gasteiger partial charge in [-0.3, -0.25) is 4.79 Å². The van der Waals surface area contributed by atoms with Gasteiger partial charge in [0.15, 0.2) is 11.5 Å². The molecule has 0 spiro atoms. The number of aromatic hydroxyl groups is 2. The average Bonchev–Trinajstić information content (AvgIpc) is 2.88. The molecule has 1 amide bonds. The zero-order chi connectivity index (χ0) is 15.3. The van der Waals surface area contributed by atoms with Gasteiger partial charge in [0.05, 0.1) is 5.56 Å². The van der Waals surface area contributed by atoms with Crippen molar-refractivity contribution in [2.45, 2.75) is 31.8 Å². The first-order chi connectivity index (χ1) is 10.6. The van der Waals surface area contributed by atoms with Gasteiger partial charge in [0.1, 0.15) is 0 Å². The average molecular weight is 295 g/mol. The molecule has 2 N–H and O–H groups in total. The molecule has 1 unspecified atom stereocenters. The maximum absolute atomic E-state index is 12.6. The maximum Gasteiger partial charge on any atom is 0.258 e. The van der Waals surface area contributed by atoms with Crippen LogP contribution in [0.2, 0.25) is 0 Å². The third-order valence-corrected chi connectivity index (χ3v) is 4.82. The number of aryl methyl sites for hydroxylation is 1. The normalized spacial score (nSPS) is 19.9. The van der Waals surface area contributed by atoms with Crippen LogP contribution in [0.1, 0.15) is 33.5 Å². The summed E-state index contributed by atoms with van der Waals surface area (Å²) in [6.07, 6.45) is 2.75. The number of benzene rings is 2. The number of fused-ring (bicyclic) bond motifs is 2. The minimum Gasteiger partial charge on any atom is -0.504 e. The lowest BCUT2D eigenvalue weighted by Gasteiger charge is -2.32. The van der Waals surface area contributed by atoms with Gasteiger partial charge in [0.2, 0.25) is 0 Å². The minimum atomic E-state index is -0.291. The maximum atomic E-state index is 12.6. The topological polar surface area (TPSA) is 60.8 Å². The van der Waals surface area contributed by atoms with Crippen molar-refractivity contribution in [3.8, 4) is 11.5 Å². The zero-order valence-corrected chi connectivity index (χ0v) is 12.1. The van der Waals surface area contributed by atoms with Gasteiger partial charge in [0, 0.05) is 12.6 Å². The summed E-state index contributed by atoms with van der Waals surface area (Å²) < 4.78 is 0. The van der Waals surface area contributed by atoms with Crippen molar-refractivity contribution in [2.24, 2.45) is 0 Å². The van der Waals surface area contributed by atoms with E-state index in [1.165, 1.54) is 17.2 Å². The molecule has 4 heteroatoms. The standard InChI is InChI=1S/C18H17NO3/c20-15-8-6-13-10-19(18(22)16(13)17(15)21)14-7-5-11-3-1-2-4-12(11)9-14/h1-4,6,8,14,20-21H,5,7,9-10H2. The van der Waals surface area contributed by atoms with Crippen LogP contribution in [-0.2, 0) is 19.4 Å². The molecule has 1 aliphatic heterocycles. The van der Waals surface area contributed by atoms with Crippen molar-refractivity contribution in [2.75, 3.05) is 0 Å². The van der Waals surface area contributed by atoms with E-state index in [9.17, 15) is 15.0 Å². The Bertz CT molecular complexity index is 769. The van der Waals surface area contributed by atoms with Gasteiger partial charge < -0.3 is 15.1 Å². The van der Waals surface area contributed by atoms with Crippen molar-refractivity contribution in [1.82, 2.24) is 4.90 Å². The summed E-state index contributed by atoms with van der Waals surface area (Å²) in [6, 6.07) is 11.7. The van der Waals surface area contributed by atoms with Gasteiger partial charge in [-0.15, -0.1) is 0 Å². The molecule has 0 fully saturated rings. The van der Waals surface area contributed by atoms with Crippen LogP contribution >= 0.6 is 0 Å². The van der Waals surface area contributed by atoms with Gasteiger partial charge in [-0.25, -0.2) is 0 Å². The molecule has 0 bridgehead atoms. The fourth-order valence-electron chi connectivity index (χ4n) is 3.63. The van der Waals surface area contributed by atoms with E-state index in [0.717, 1.165) is 24.8 Å². The Hall–Kier alpha value is -2.49. The number of rotatable bonds is 1. The monoisotopic (exact) mass is 295 g/mol. The highest BCUT2D eigenvalue weighted by Crippen LogP contribution is 2.39. The molecule has 0 radical (unpaired) electrons. The Kier molecular flexibility index (Phi) is 2.86. The number of amides is 1. The Labute approximate surface area is 128 Å². The van der Waals surface area contributed by atoms with Crippen LogP contribution in [0.3, 0.4) is 0 Å². The Morgan fingerprint density at radius 3 is 2.59 bits per heavy atom. The summed E-state index contributed by atoms with van der Waals surface area (Å²) in [5.41, 5.74) is 3.72. The largest absolute Gasteiger partial charge is 0.504 e. The summed E-state index contributed by atoms with van der Waals surface area (Å²) in [4.78, 5) is 14.5. The van der Waals surface area contributed by atoms with Crippen molar-refractivity contribution >= 4 is 5.91 Å². The molecule has 112 valence electrons. The number of phenolic OH excluding ortho intramolecular Hbond substituents is 2. The number of hydrogen-bond acceptors (Lipinski definition) is 3. The molecule has 2 aliphatic rings. The van der Waals surface area contributed by atoms with Crippen molar-refractivity contribution in [3.05, 3.63) is 58.7 Å². The van der Waals surface area contributed by atoms with Crippen LogP contribution in [0.4, 0.5) is 0 Å². The summed E-state index contributed by atoms with van der Waals surface area (Å²) >= 11 is 0. The Morgan fingerprint density at radius 1 is 1.00 bits per heavy atom. The number of hydrogen-bond donors (Lipinski definition) is 2. The molecule has 1 aliphatic carbocycles. The lowest BCUT2D eigenvalue weighted by Crippen LogP contribution is -2.39. The van der Waals surface area contributed by atoms with Crippen molar-refractivity contribution < 1.29 is 15.0 Å². The molecule has 0 aromatic heterocycles. The summed E-state index contributed by atoms with van der Waals surface area (Å²) in [5, 5.41) is 19.6. The van der Waals surface area contributed by atoms with E-state index in [1.54, 1.807) is 6.07 Å². The summed E-state index contributed by atoms with van der Waals surface area (Å²) in [6.45, 7) is 0.509. The highest BCUT2D eigenvalue weighted by molar-refractivity contribution is 6.01. The van der Waals surface area contributed by atoms with E-state index < -0.39 is 0 Å². The molecule has 1 heterocycles. The van der Waals surface area contributed by atoms with Crippen LogP contribution < -0.4 is 0 Å². The molecule has 1 atom stereocenters. The van der Waals surface area contributed by atoms with Gasteiger partial charge in [-0.05, 0) is 42.0 Å². The first-order valence-electron chi connectivity index (χ1n) is 7.56. The molecule has 4 rings (SSSR count). The van der Waals surface area contributed by atoms with Crippen molar-refractivity contribution in [1.29, 1.82) is 0 Å². The number of nitrogens with zero attached hydrogens (tertiary/aromatic N) is 1. The highest BCUT2D eigenvalue weighted by atomic mass is 16.3. The molecule has 2 aromatic carbocycles. The number of carbonyl (C=O) groups is 1. The number of phenols is 2. The van der Waals surface area contributed by atoms with E-state index in [1.807, 2.05) is 11.0 Å². The SMILES string of the molecule is O=C1c2c(ccc(O)c2O)CN1C1CCc2ccccc2C1. The molecule has 4 nitrogen and oxygen atoms in total. The van der Waals surface area contributed by atoms with Crippen molar-refractivity contribution in [3.63, 3.8) is 0 Å². The molecular weight excluding hydrogens is 278 g/mol. The Morgan fingerprint density at radius 2 is 1.77 bits per heavy atom. The van der Waals surface area contributed by atoms with Crippen LogP contribution in [0.5, 0.6) is 11.5 Å². The molecular formula is C18H17NO3. The first kappa shape index (κ1) is 13.2. The lowest BCUT2D eigenvalue weighted by atomic mass is 9.87. The van der Waals surface area contributed by atoms with Gasteiger partial charge in [0.25, 0.3) is 5.91 Å². The van der Waals surface area contributed by atoms with E-state index >= 15 is 0 Å². The molecule has 22 heavy (non-hydrogen) atoms. The van der Waals surface area contributed by atoms with Gasteiger partial charge in [-0.2, -0.15) is 0 Å². The predicted octanol–water partition coefficient (Wildman–Crippen LogP) is 2.61. The quantitative estimate of drug-likeness (QED) is 0.795. The van der Waals surface area contributed by atoms with Crippen LogP contribution in [0.25, 0.3) is 0 Å². The molecule has 2 aromatic rings. The third-order valence-electron chi connectivity index (χ3n) is 4.82. The second-order valence-electron chi connectivity index (χ2n) is 6.07. The van der Waals surface area contributed by atoms with Crippen LogP contribution in [0, 0.1) is 0 Å². The fraction of sp³-hybridized carbons (Fsp3) is 0.278. The fourth-order valence-corrected chi connectivity index (χ4v) is 3.63. The van der Waals surface area contributed by atoms with E-state index in [0.29, 0.717) is 6.54 Å². The third kappa shape index (κ3) is 1.87. The molecule has 0 saturated heterocycles. The Balaban J connectivity index is 1.64. The number of carbonyl (C=O) groups excluding carboxylic acids is 1. The van der Waals surface area contributed by atoms with E-state index in [-0.39, 0.29) is 29.0 Å². The van der Waals surface area contributed by atoms with E-state index in [4.69, 9.17) is 0 Å². The van der Waals surface area contributed by atoms with Gasteiger partial charge >= 0.3 is 0 Å². The second kappa shape index (κ2) is 4.77. The predicted molar refractivity (Wildman–Crippen MR) is 81.9 cm³/mol.